The fraction of sp³-hybridized carbons (Fsp3) is 1.00. The topological polar surface area (TPSA) is 52.5 Å². The van der Waals surface area contributed by atoms with Gasteiger partial charge in [-0.2, -0.15) is 0 Å². The van der Waals surface area contributed by atoms with Crippen LogP contribution in [0.5, 0.6) is 0 Å². The van der Waals surface area contributed by atoms with Gasteiger partial charge in [-0.25, -0.2) is 0 Å². The molecule has 0 aromatic heterocycles. The van der Waals surface area contributed by atoms with Gasteiger partial charge < -0.3 is 15.5 Å². The van der Waals surface area contributed by atoms with Gasteiger partial charge in [0.1, 0.15) is 0 Å². The van der Waals surface area contributed by atoms with Crippen molar-refractivity contribution in [3.05, 3.63) is 0 Å². The molecule has 1 fully saturated rings. The van der Waals surface area contributed by atoms with Gasteiger partial charge >= 0.3 is 0 Å². The van der Waals surface area contributed by atoms with Gasteiger partial charge in [-0.3, -0.25) is 0 Å². The smallest absolute Gasteiger partial charge is 0.0961 e. The second-order valence-corrected chi connectivity index (χ2v) is 2.25. The molecule has 0 aromatic rings. The van der Waals surface area contributed by atoms with Crippen molar-refractivity contribution < 1.29 is 10.2 Å². The SMILES string of the molecule is C[C@@H]1NC[C@@H](O)[C@@H]1O. The largest absolute Gasteiger partial charge is 0.389 e. The van der Waals surface area contributed by atoms with Crippen LogP contribution in [0.4, 0.5) is 0 Å². The molecule has 1 aliphatic rings. The van der Waals surface area contributed by atoms with Crippen molar-refractivity contribution in [2.75, 3.05) is 6.54 Å². The van der Waals surface area contributed by atoms with Crippen molar-refractivity contribution in [3.63, 3.8) is 0 Å². The van der Waals surface area contributed by atoms with Crippen molar-refractivity contribution in [2.45, 2.75) is 25.2 Å². The molecular formula is C5H11NO2. The molecule has 1 rings (SSSR count). The molecule has 0 saturated carbocycles. The van der Waals surface area contributed by atoms with Crippen molar-refractivity contribution in [1.29, 1.82) is 0 Å². The van der Waals surface area contributed by atoms with E-state index in [0.717, 1.165) is 0 Å². The highest BCUT2D eigenvalue weighted by Crippen LogP contribution is 2.05. The fourth-order valence-corrected chi connectivity index (χ4v) is 0.881. The van der Waals surface area contributed by atoms with Crippen LogP contribution in [0.2, 0.25) is 0 Å². The minimum Gasteiger partial charge on any atom is -0.389 e. The fourth-order valence-electron chi connectivity index (χ4n) is 0.881. The average Bonchev–Trinajstić information content (AvgIpc) is 1.98. The Balaban J connectivity index is 2.44. The number of rotatable bonds is 0. The maximum absolute atomic E-state index is 8.95. The summed E-state index contributed by atoms with van der Waals surface area (Å²) in [5.74, 6) is 0. The zero-order valence-corrected chi connectivity index (χ0v) is 4.83. The van der Waals surface area contributed by atoms with Gasteiger partial charge in [0.15, 0.2) is 0 Å². The molecule has 3 N–H and O–H groups in total. The highest BCUT2D eigenvalue weighted by atomic mass is 16.3. The van der Waals surface area contributed by atoms with Crippen LogP contribution in [-0.4, -0.2) is 35.0 Å². The Morgan fingerprint density at radius 2 is 2.12 bits per heavy atom. The van der Waals surface area contributed by atoms with Crippen LogP contribution in [-0.2, 0) is 0 Å². The first-order valence-corrected chi connectivity index (χ1v) is 2.81. The van der Waals surface area contributed by atoms with Crippen LogP contribution in [0.1, 0.15) is 6.92 Å². The first-order valence-electron chi connectivity index (χ1n) is 2.81. The van der Waals surface area contributed by atoms with E-state index in [1.165, 1.54) is 0 Å². The number of aliphatic hydroxyl groups excluding tert-OH is 2. The molecule has 3 atom stereocenters. The molecule has 0 spiro atoms. The Hall–Kier alpha value is -0.120. The highest BCUT2D eigenvalue weighted by molar-refractivity contribution is 4.86. The van der Waals surface area contributed by atoms with E-state index in [1.54, 1.807) is 0 Å². The lowest BCUT2D eigenvalue weighted by Gasteiger charge is -2.08. The monoisotopic (exact) mass is 117 g/mol. The Bertz CT molecular complexity index is 76.5. The van der Waals surface area contributed by atoms with E-state index >= 15 is 0 Å². The van der Waals surface area contributed by atoms with Crippen LogP contribution in [0.3, 0.4) is 0 Å². The van der Waals surface area contributed by atoms with Gasteiger partial charge in [-0.15, -0.1) is 0 Å². The van der Waals surface area contributed by atoms with Crippen LogP contribution in [0.15, 0.2) is 0 Å². The van der Waals surface area contributed by atoms with Gasteiger partial charge in [-0.05, 0) is 6.92 Å². The summed E-state index contributed by atoms with van der Waals surface area (Å²) in [5.41, 5.74) is 0. The Morgan fingerprint density at radius 3 is 2.25 bits per heavy atom. The van der Waals surface area contributed by atoms with Crippen molar-refractivity contribution in [2.24, 2.45) is 0 Å². The Kier molecular flexibility index (Phi) is 1.51. The summed E-state index contributed by atoms with van der Waals surface area (Å²) in [6.45, 7) is 2.36. The molecule has 1 saturated heterocycles. The molecule has 3 heteroatoms. The zero-order chi connectivity index (χ0) is 6.15. The highest BCUT2D eigenvalue weighted by Gasteiger charge is 2.28. The number of β-amino-alcohol motifs (C(OH)–C–C–N with tert-alkyl or cyclic N) is 1. The minimum absolute atomic E-state index is 0.0463. The van der Waals surface area contributed by atoms with E-state index in [4.69, 9.17) is 10.2 Å². The van der Waals surface area contributed by atoms with E-state index in [1.807, 2.05) is 6.92 Å². The lowest BCUT2D eigenvalue weighted by molar-refractivity contribution is 0.0436. The van der Waals surface area contributed by atoms with Crippen molar-refractivity contribution >= 4 is 0 Å². The van der Waals surface area contributed by atoms with Gasteiger partial charge in [0, 0.05) is 12.6 Å². The predicted molar refractivity (Wildman–Crippen MR) is 29.5 cm³/mol. The second kappa shape index (κ2) is 2.01. The van der Waals surface area contributed by atoms with E-state index in [9.17, 15) is 0 Å². The molecule has 8 heavy (non-hydrogen) atoms. The van der Waals surface area contributed by atoms with Crippen LogP contribution in [0.25, 0.3) is 0 Å². The van der Waals surface area contributed by atoms with Crippen molar-refractivity contribution in [3.8, 4) is 0 Å². The summed E-state index contributed by atoms with van der Waals surface area (Å²) >= 11 is 0. The summed E-state index contributed by atoms with van der Waals surface area (Å²) in [6, 6.07) is 0.0463. The number of hydrogen-bond acceptors (Lipinski definition) is 3. The lowest BCUT2D eigenvalue weighted by atomic mass is 10.2. The van der Waals surface area contributed by atoms with Crippen LogP contribution >= 0.6 is 0 Å². The quantitative estimate of drug-likeness (QED) is 0.369. The first-order chi connectivity index (χ1) is 3.72. The summed E-state index contributed by atoms with van der Waals surface area (Å²) in [7, 11) is 0. The Labute approximate surface area is 48.3 Å². The second-order valence-electron chi connectivity index (χ2n) is 2.25. The number of nitrogens with one attached hydrogen (secondary N) is 1. The average molecular weight is 117 g/mol. The molecule has 0 aromatic carbocycles. The summed E-state index contributed by atoms with van der Waals surface area (Å²) in [5, 5.41) is 20.7. The third kappa shape index (κ3) is 0.844. The molecule has 3 nitrogen and oxygen atoms in total. The molecule has 0 radical (unpaired) electrons. The third-order valence-electron chi connectivity index (χ3n) is 1.56. The molecule has 0 unspecified atom stereocenters. The maximum Gasteiger partial charge on any atom is 0.0961 e. The zero-order valence-electron chi connectivity index (χ0n) is 4.83. The Morgan fingerprint density at radius 1 is 1.50 bits per heavy atom. The van der Waals surface area contributed by atoms with Gasteiger partial charge in [0.25, 0.3) is 0 Å². The third-order valence-corrected chi connectivity index (χ3v) is 1.56. The molecule has 48 valence electrons. The normalized spacial score (nSPS) is 47.6. The molecule has 1 aliphatic heterocycles. The molecule has 0 amide bonds. The summed E-state index contributed by atoms with van der Waals surface area (Å²) in [6.07, 6.45) is -1.14. The van der Waals surface area contributed by atoms with Gasteiger partial charge in [0.2, 0.25) is 0 Å². The van der Waals surface area contributed by atoms with E-state index in [-0.39, 0.29) is 6.04 Å². The maximum atomic E-state index is 8.95. The lowest BCUT2D eigenvalue weighted by Crippen LogP contribution is -2.29. The van der Waals surface area contributed by atoms with E-state index in [0.29, 0.717) is 6.54 Å². The van der Waals surface area contributed by atoms with Crippen molar-refractivity contribution in [1.82, 2.24) is 5.32 Å². The van der Waals surface area contributed by atoms with E-state index < -0.39 is 12.2 Å². The molecule has 0 aliphatic carbocycles. The van der Waals surface area contributed by atoms with E-state index in [2.05, 4.69) is 5.32 Å². The summed E-state index contributed by atoms with van der Waals surface area (Å²) < 4.78 is 0. The molecular weight excluding hydrogens is 106 g/mol. The standard InChI is InChI=1S/C5H11NO2/c1-3-5(8)4(7)2-6-3/h3-8H,2H2,1H3/t3-,4+,5+/m0/s1. The number of aliphatic hydroxyl groups is 2. The summed E-state index contributed by atoms with van der Waals surface area (Å²) in [4.78, 5) is 0. The number of hydrogen-bond donors (Lipinski definition) is 3. The predicted octanol–water partition coefficient (Wildman–Crippen LogP) is -1.30. The van der Waals surface area contributed by atoms with Crippen LogP contribution < -0.4 is 5.32 Å². The molecule has 0 bridgehead atoms. The van der Waals surface area contributed by atoms with Gasteiger partial charge in [-0.1, -0.05) is 0 Å². The van der Waals surface area contributed by atoms with Gasteiger partial charge in [0.05, 0.1) is 12.2 Å². The molecule has 1 heterocycles. The van der Waals surface area contributed by atoms with Crippen LogP contribution in [0, 0.1) is 0 Å². The minimum atomic E-state index is -0.574. The first kappa shape index (κ1) is 6.01.